The van der Waals surface area contributed by atoms with Gasteiger partial charge in [-0.25, -0.2) is 15.0 Å². The van der Waals surface area contributed by atoms with Gasteiger partial charge in [0, 0.05) is 29.3 Å². The van der Waals surface area contributed by atoms with Crippen LogP contribution in [0, 0.1) is 6.92 Å². The molecule has 0 aliphatic heterocycles. The molecule has 0 radical (unpaired) electrons. The van der Waals surface area contributed by atoms with Crippen molar-refractivity contribution in [3.05, 3.63) is 72.3 Å². The Bertz CT molecular complexity index is 1230. The highest BCUT2D eigenvalue weighted by Crippen LogP contribution is 2.26. The summed E-state index contributed by atoms with van der Waals surface area (Å²) in [6.07, 6.45) is 3.74. The number of nitrogens with one attached hydrogen (secondary N) is 2. The van der Waals surface area contributed by atoms with Crippen LogP contribution in [0.25, 0.3) is 0 Å². The molecule has 2 aromatic heterocycles. The van der Waals surface area contributed by atoms with Crippen LogP contribution in [0.15, 0.2) is 80.8 Å². The van der Waals surface area contributed by atoms with Gasteiger partial charge in [0.05, 0.1) is 0 Å². The van der Waals surface area contributed by atoms with Gasteiger partial charge in [0.25, 0.3) is 0 Å². The van der Waals surface area contributed by atoms with Gasteiger partial charge in [-0.15, -0.1) is 0 Å². The number of unbranched alkanes of at least 4 members (excludes halogenated alkanes) is 1. The van der Waals surface area contributed by atoms with Gasteiger partial charge >= 0.3 is 0 Å². The number of nitrogens with zero attached hydrogens (tertiary/aromatic N) is 6. The van der Waals surface area contributed by atoms with Crippen molar-refractivity contribution in [2.24, 2.45) is 0 Å². The van der Waals surface area contributed by atoms with Gasteiger partial charge in [0.1, 0.15) is 11.6 Å². The van der Waals surface area contributed by atoms with Crippen LogP contribution in [0.2, 0.25) is 0 Å². The Morgan fingerprint density at radius 2 is 1.19 bits per heavy atom. The normalized spacial score (nSPS) is 10.8. The van der Waals surface area contributed by atoms with Crippen molar-refractivity contribution in [3.8, 4) is 0 Å². The molecule has 4 rings (SSSR count). The molecule has 0 amide bonds. The number of anilines is 2. The Balaban J connectivity index is 1.36. The summed E-state index contributed by atoms with van der Waals surface area (Å²) in [5.41, 5.74) is 0. The van der Waals surface area contributed by atoms with E-state index in [1.165, 1.54) is 11.8 Å². The average molecular weight is 519 g/mol. The molecular formula is C26H30N8S2. The summed E-state index contributed by atoms with van der Waals surface area (Å²) in [6.45, 7) is 5.59. The number of hydrogen-bond donors (Lipinski definition) is 2. The molecule has 2 aromatic carbocycles. The molecule has 0 spiro atoms. The van der Waals surface area contributed by atoms with E-state index in [4.69, 9.17) is 0 Å². The lowest BCUT2D eigenvalue weighted by atomic mass is 10.3. The average Bonchev–Trinajstić information content (AvgIpc) is 2.88. The van der Waals surface area contributed by atoms with E-state index in [2.05, 4.69) is 59.6 Å². The molecule has 0 bridgehead atoms. The zero-order chi connectivity index (χ0) is 25.0. The summed E-state index contributed by atoms with van der Waals surface area (Å²) in [6, 6.07) is 20.2. The lowest BCUT2D eigenvalue weighted by molar-refractivity contribution is 0.730. The lowest BCUT2D eigenvalue weighted by Gasteiger charge is -2.10. The molecular weight excluding hydrogens is 488 g/mol. The second-order valence-electron chi connectivity index (χ2n) is 7.99. The molecule has 0 atom stereocenters. The van der Waals surface area contributed by atoms with Crippen LogP contribution in [-0.2, 0) is 6.42 Å². The van der Waals surface area contributed by atoms with E-state index in [1.54, 1.807) is 11.8 Å². The molecule has 0 aliphatic carbocycles. The predicted octanol–water partition coefficient (Wildman–Crippen LogP) is 5.92. The Hall–Kier alpha value is -3.24. The van der Waals surface area contributed by atoms with Gasteiger partial charge < -0.3 is 10.6 Å². The van der Waals surface area contributed by atoms with Crippen molar-refractivity contribution in [1.82, 2.24) is 29.9 Å². The third-order valence-corrected chi connectivity index (χ3v) is 6.71. The molecule has 0 aliphatic rings. The maximum atomic E-state index is 4.65. The van der Waals surface area contributed by atoms with E-state index in [0.29, 0.717) is 23.6 Å². The summed E-state index contributed by atoms with van der Waals surface area (Å²) >= 11 is 3.07. The van der Waals surface area contributed by atoms with Gasteiger partial charge in [0.15, 0.2) is 10.3 Å². The Morgan fingerprint density at radius 3 is 1.78 bits per heavy atom. The highest BCUT2D eigenvalue weighted by molar-refractivity contribution is 7.99. The molecule has 4 aromatic rings. The van der Waals surface area contributed by atoms with E-state index in [-0.39, 0.29) is 0 Å². The van der Waals surface area contributed by atoms with Crippen LogP contribution in [0.1, 0.15) is 37.8 Å². The van der Waals surface area contributed by atoms with Crippen LogP contribution in [0.4, 0.5) is 11.9 Å². The van der Waals surface area contributed by atoms with Crippen LogP contribution in [0.3, 0.4) is 0 Å². The van der Waals surface area contributed by atoms with Crippen LogP contribution in [-0.4, -0.2) is 43.0 Å². The van der Waals surface area contributed by atoms with Crippen molar-refractivity contribution in [2.75, 3.05) is 23.7 Å². The minimum absolute atomic E-state index is 0.564. The second kappa shape index (κ2) is 13.7. The Morgan fingerprint density at radius 1 is 0.639 bits per heavy atom. The third kappa shape index (κ3) is 8.46. The fourth-order valence-electron chi connectivity index (χ4n) is 3.24. The van der Waals surface area contributed by atoms with Gasteiger partial charge in [-0.3, -0.25) is 0 Å². The van der Waals surface area contributed by atoms with E-state index >= 15 is 0 Å². The summed E-state index contributed by atoms with van der Waals surface area (Å²) in [5, 5.41) is 8.05. The number of hydrogen-bond acceptors (Lipinski definition) is 10. The maximum absolute atomic E-state index is 4.65. The fourth-order valence-corrected chi connectivity index (χ4v) is 4.84. The summed E-state index contributed by atoms with van der Waals surface area (Å²) in [5.74, 6) is 2.68. The minimum atomic E-state index is 0.564. The number of aryl methyl sites for hydroxylation is 2. The summed E-state index contributed by atoms with van der Waals surface area (Å²) in [7, 11) is 0. The first-order valence-electron chi connectivity index (χ1n) is 12.1. The topological polar surface area (TPSA) is 101 Å². The molecule has 0 saturated carbocycles. The number of aromatic nitrogens is 6. The Kier molecular flexibility index (Phi) is 9.87. The van der Waals surface area contributed by atoms with Gasteiger partial charge in [-0.05, 0) is 67.6 Å². The van der Waals surface area contributed by atoms with E-state index < -0.39 is 0 Å². The summed E-state index contributed by atoms with van der Waals surface area (Å²) < 4.78 is 0. The standard InChI is InChI=1S/C26H30N8S2/c1-3-4-17-27-23-32-24(34-26(33-23)36-21-14-9-6-10-15-21)28-18-11-16-22-29-19(2)30-25(31-22)35-20-12-7-5-8-13-20/h5-10,12-15H,3-4,11,16-18H2,1-2H3,(H2,27,28,32,33,34). The minimum Gasteiger partial charge on any atom is -0.354 e. The molecule has 2 heterocycles. The zero-order valence-corrected chi connectivity index (χ0v) is 22.1. The molecule has 0 saturated heterocycles. The van der Waals surface area contributed by atoms with Gasteiger partial charge in [-0.2, -0.15) is 15.0 Å². The van der Waals surface area contributed by atoms with Crippen molar-refractivity contribution in [1.29, 1.82) is 0 Å². The Labute approximate surface area is 220 Å². The highest BCUT2D eigenvalue weighted by Gasteiger charge is 2.09. The van der Waals surface area contributed by atoms with Gasteiger partial charge in [0.2, 0.25) is 11.9 Å². The number of benzene rings is 2. The second-order valence-corrected chi connectivity index (χ2v) is 10.1. The highest BCUT2D eigenvalue weighted by atomic mass is 32.2. The van der Waals surface area contributed by atoms with Crippen molar-refractivity contribution in [3.63, 3.8) is 0 Å². The van der Waals surface area contributed by atoms with Crippen molar-refractivity contribution >= 4 is 35.4 Å². The largest absolute Gasteiger partial charge is 0.354 e. The molecule has 8 nitrogen and oxygen atoms in total. The molecule has 0 unspecified atom stereocenters. The van der Waals surface area contributed by atoms with Crippen molar-refractivity contribution in [2.45, 2.75) is 59.6 Å². The number of rotatable bonds is 13. The first-order chi connectivity index (χ1) is 17.7. The lowest BCUT2D eigenvalue weighted by Crippen LogP contribution is -2.12. The molecule has 0 fully saturated rings. The van der Waals surface area contributed by atoms with E-state index in [1.807, 2.05) is 55.5 Å². The van der Waals surface area contributed by atoms with Crippen LogP contribution < -0.4 is 10.6 Å². The molecule has 10 heteroatoms. The van der Waals surface area contributed by atoms with Gasteiger partial charge in [-0.1, -0.05) is 49.7 Å². The first-order valence-corrected chi connectivity index (χ1v) is 13.7. The predicted molar refractivity (Wildman–Crippen MR) is 146 cm³/mol. The maximum Gasteiger partial charge on any atom is 0.228 e. The monoisotopic (exact) mass is 518 g/mol. The fraction of sp³-hybridized carbons (Fsp3) is 0.308. The SMILES string of the molecule is CCCCNc1nc(NCCCc2nc(C)nc(Sc3ccccc3)n2)nc(Sc2ccccc2)n1. The summed E-state index contributed by atoms with van der Waals surface area (Å²) in [4.78, 5) is 29.6. The van der Waals surface area contributed by atoms with Crippen molar-refractivity contribution < 1.29 is 0 Å². The smallest absolute Gasteiger partial charge is 0.228 e. The van der Waals surface area contributed by atoms with Crippen LogP contribution in [0.5, 0.6) is 0 Å². The van der Waals surface area contributed by atoms with Crippen LogP contribution >= 0.6 is 23.5 Å². The van der Waals surface area contributed by atoms with E-state index in [0.717, 1.165) is 58.8 Å². The van der Waals surface area contributed by atoms with E-state index in [9.17, 15) is 0 Å². The quantitative estimate of drug-likeness (QED) is 0.207. The third-order valence-electron chi connectivity index (χ3n) is 4.97. The zero-order valence-electron chi connectivity index (χ0n) is 20.5. The molecule has 36 heavy (non-hydrogen) atoms. The molecule has 186 valence electrons. The first kappa shape index (κ1) is 25.8. The molecule has 2 N–H and O–H groups in total.